The van der Waals surface area contributed by atoms with Gasteiger partial charge in [0.2, 0.25) is 0 Å². The topological polar surface area (TPSA) is 49.3 Å². The lowest BCUT2D eigenvalue weighted by atomic mass is 10.0. The fraction of sp³-hybridized carbons (Fsp3) is 0.533. The van der Waals surface area contributed by atoms with Crippen LogP contribution in [0.15, 0.2) is 24.3 Å². The van der Waals surface area contributed by atoms with Crippen molar-refractivity contribution in [3.8, 4) is 0 Å². The van der Waals surface area contributed by atoms with Gasteiger partial charge in [-0.1, -0.05) is 20.8 Å². The number of hydrogen-bond donors (Lipinski definition) is 2. The third kappa shape index (κ3) is 4.49. The van der Waals surface area contributed by atoms with E-state index in [-0.39, 0.29) is 18.4 Å². The van der Waals surface area contributed by atoms with Gasteiger partial charge in [-0.2, -0.15) is 0 Å². The molecule has 0 amide bonds. The molecule has 3 nitrogen and oxygen atoms in total. The molecule has 1 unspecified atom stereocenters. The number of aliphatic hydroxyl groups excluding tert-OH is 1. The summed E-state index contributed by atoms with van der Waals surface area (Å²) in [4.78, 5) is 11.5. The van der Waals surface area contributed by atoms with E-state index in [0.29, 0.717) is 12.3 Å². The Labute approximate surface area is 109 Å². The number of rotatable bonds is 7. The van der Waals surface area contributed by atoms with Crippen molar-refractivity contribution in [1.82, 2.24) is 0 Å². The quantitative estimate of drug-likeness (QED) is 0.730. The molecule has 1 atom stereocenters. The van der Waals surface area contributed by atoms with E-state index in [1.54, 1.807) is 0 Å². The van der Waals surface area contributed by atoms with Crippen molar-refractivity contribution >= 4 is 11.5 Å². The maximum atomic E-state index is 11.5. The smallest absolute Gasteiger partial charge is 0.162 e. The third-order valence-corrected chi connectivity index (χ3v) is 2.88. The van der Waals surface area contributed by atoms with Crippen LogP contribution in [0.25, 0.3) is 0 Å². The monoisotopic (exact) mass is 249 g/mol. The Bertz CT molecular complexity index is 371. The predicted octanol–water partition coefficient (Wildman–Crippen LogP) is 3.10. The summed E-state index contributed by atoms with van der Waals surface area (Å²) >= 11 is 0. The lowest BCUT2D eigenvalue weighted by Crippen LogP contribution is -2.25. The molecule has 1 rings (SSSR count). The molecule has 2 N–H and O–H groups in total. The number of aliphatic hydroxyl groups is 1. The zero-order valence-electron chi connectivity index (χ0n) is 11.4. The molecule has 0 heterocycles. The molecular weight excluding hydrogens is 226 g/mol. The molecule has 0 aliphatic heterocycles. The number of benzene rings is 1. The Hall–Kier alpha value is -1.35. The number of anilines is 1. The molecule has 18 heavy (non-hydrogen) atoms. The highest BCUT2D eigenvalue weighted by molar-refractivity contribution is 5.96. The summed E-state index contributed by atoms with van der Waals surface area (Å²) in [5, 5.41) is 12.6. The van der Waals surface area contributed by atoms with Gasteiger partial charge in [-0.3, -0.25) is 4.79 Å². The molecule has 1 aromatic carbocycles. The number of Topliss-reactive ketones (excluding diaryl/α,β-unsaturated/α-hetero) is 1. The van der Waals surface area contributed by atoms with Crippen LogP contribution in [0.2, 0.25) is 0 Å². The van der Waals surface area contributed by atoms with E-state index >= 15 is 0 Å². The van der Waals surface area contributed by atoms with Crippen molar-refractivity contribution in [3.63, 3.8) is 0 Å². The van der Waals surface area contributed by atoms with Gasteiger partial charge >= 0.3 is 0 Å². The summed E-state index contributed by atoms with van der Waals surface area (Å²) in [6.07, 6.45) is 1.45. The van der Waals surface area contributed by atoms with Gasteiger partial charge in [0.1, 0.15) is 0 Å². The maximum absolute atomic E-state index is 11.5. The molecule has 100 valence electrons. The van der Waals surface area contributed by atoms with E-state index in [0.717, 1.165) is 17.7 Å². The highest BCUT2D eigenvalue weighted by Gasteiger charge is 2.10. The van der Waals surface area contributed by atoms with Crippen molar-refractivity contribution in [2.45, 2.75) is 39.7 Å². The Morgan fingerprint density at radius 3 is 2.33 bits per heavy atom. The molecule has 0 bridgehead atoms. The number of nitrogens with one attached hydrogen (secondary N) is 1. The van der Waals surface area contributed by atoms with Gasteiger partial charge in [0.15, 0.2) is 5.78 Å². The molecule has 0 saturated heterocycles. The van der Waals surface area contributed by atoms with Crippen LogP contribution in [0, 0.1) is 5.92 Å². The lowest BCUT2D eigenvalue weighted by molar-refractivity contribution is 0.0988. The number of carbonyl (C=O) groups is 1. The highest BCUT2D eigenvalue weighted by atomic mass is 16.3. The first-order valence-electron chi connectivity index (χ1n) is 6.57. The van der Waals surface area contributed by atoms with Gasteiger partial charge in [0.25, 0.3) is 0 Å². The Kier molecular flexibility index (Phi) is 5.86. The molecule has 1 aromatic rings. The van der Waals surface area contributed by atoms with Crippen LogP contribution >= 0.6 is 0 Å². The summed E-state index contributed by atoms with van der Waals surface area (Å²) in [6, 6.07) is 7.52. The molecule has 0 aliphatic rings. The van der Waals surface area contributed by atoms with Crippen LogP contribution in [-0.2, 0) is 0 Å². The summed E-state index contributed by atoms with van der Waals surface area (Å²) in [5.41, 5.74) is 1.69. The van der Waals surface area contributed by atoms with Crippen LogP contribution in [0.1, 0.15) is 44.0 Å². The minimum atomic E-state index is 0.0673. The molecule has 0 aliphatic carbocycles. The van der Waals surface area contributed by atoms with Crippen molar-refractivity contribution in [2.24, 2.45) is 5.92 Å². The molecular formula is C15H23NO2. The standard InChI is InChI=1S/C15H23NO2/c1-4-15(18)12-5-7-13(8-6-12)16-14(10-17)9-11(2)3/h5-8,11,14,16-17H,4,9-10H2,1-3H3. The van der Waals surface area contributed by atoms with Gasteiger partial charge in [0, 0.05) is 23.7 Å². The molecule has 0 saturated carbocycles. The van der Waals surface area contributed by atoms with E-state index in [1.165, 1.54) is 0 Å². The van der Waals surface area contributed by atoms with Gasteiger partial charge in [-0.25, -0.2) is 0 Å². The zero-order chi connectivity index (χ0) is 13.5. The summed E-state index contributed by atoms with van der Waals surface area (Å²) < 4.78 is 0. The van der Waals surface area contributed by atoms with E-state index in [2.05, 4.69) is 19.2 Å². The molecule has 0 fully saturated rings. The zero-order valence-corrected chi connectivity index (χ0v) is 11.4. The van der Waals surface area contributed by atoms with E-state index in [1.807, 2.05) is 31.2 Å². The largest absolute Gasteiger partial charge is 0.394 e. The van der Waals surface area contributed by atoms with E-state index < -0.39 is 0 Å². The maximum Gasteiger partial charge on any atom is 0.162 e. The fourth-order valence-corrected chi connectivity index (χ4v) is 1.94. The molecule has 0 radical (unpaired) electrons. The first-order chi connectivity index (χ1) is 8.56. The average Bonchev–Trinajstić information content (AvgIpc) is 2.37. The van der Waals surface area contributed by atoms with E-state index in [4.69, 9.17) is 0 Å². The molecule has 0 spiro atoms. The number of carbonyl (C=O) groups excluding carboxylic acids is 1. The minimum absolute atomic E-state index is 0.0673. The van der Waals surface area contributed by atoms with Crippen molar-refractivity contribution in [2.75, 3.05) is 11.9 Å². The average molecular weight is 249 g/mol. The second-order valence-electron chi connectivity index (χ2n) is 5.01. The van der Waals surface area contributed by atoms with E-state index in [9.17, 15) is 9.90 Å². The van der Waals surface area contributed by atoms with Crippen LogP contribution in [0.5, 0.6) is 0 Å². The highest BCUT2D eigenvalue weighted by Crippen LogP contribution is 2.15. The Morgan fingerprint density at radius 2 is 1.89 bits per heavy atom. The fourth-order valence-electron chi connectivity index (χ4n) is 1.94. The van der Waals surface area contributed by atoms with Crippen molar-refractivity contribution < 1.29 is 9.90 Å². The first kappa shape index (κ1) is 14.7. The van der Waals surface area contributed by atoms with Crippen LogP contribution in [0.4, 0.5) is 5.69 Å². The molecule has 0 aromatic heterocycles. The van der Waals surface area contributed by atoms with Gasteiger partial charge in [0.05, 0.1) is 6.61 Å². The van der Waals surface area contributed by atoms with Gasteiger partial charge in [-0.05, 0) is 36.6 Å². The third-order valence-electron chi connectivity index (χ3n) is 2.88. The van der Waals surface area contributed by atoms with Crippen LogP contribution in [-0.4, -0.2) is 23.5 Å². The molecule has 3 heteroatoms. The van der Waals surface area contributed by atoms with Gasteiger partial charge in [-0.15, -0.1) is 0 Å². The van der Waals surface area contributed by atoms with Crippen molar-refractivity contribution in [1.29, 1.82) is 0 Å². The summed E-state index contributed by atoms with van der Waals surface area (Å²) in [5.74, 6) is 0.693. The summed E-state index contributed by atoms with van der Waals surface area (Å²) in [6.45, 7) is 6.24. The predicted molar refractivity (Wildman–Crippen MR) is 75.0 cm³/mol. The van der Waals surface area contributed by atoms with Crippen molar-refractivity contribution in [3.05, 3.63) is 29.8 Å². The second-order valence-corrected chi connectivity index (χ2v) is 5.01. The van der Waals surface area contributed by atoms with Crippen LogP contribution < -0.4 is 5.32 Å². The normalized spacial score (nSPS) is 12.5. The number of hydrogen-bond acceptors (Lipinski definition) is 3. The van der Waals surface area contributed by atoms with Crippen LogP contribution in [0.3, 0.4) is 0 Å². The first-order valence-corrected chi connectivity index (χ1v) is 6.57. The Morgan fingerprint density at radius 1 is 1.28 bits per heavy atom. The van der Waals surface area contributed by atoms with Gasteiger partial charge < -0.3 is 10.4 Å². The number of ketones is 1. The second kappa shape index (κ2) is 7.17. The summed E-state index contributed by atoms with van der Waals surface area (Å²) in [7, 11) is 0. The minimum Gasteiger partial charge on any atom is -0.394 e. The lowest BCUT2D eigenvalue weighted by Gasteiger charge is -2.19. The SMILES string of the molecule is CCC(=O)c1ccc(NC(CO)CC(C)C)cc1. The Balaban J connectivity index is 2.64.